The van der Waals surface area contributed by atoms with Gasteiger partial charge in [-0.2, -0.15) is 0 Å². The standard InChI is InChI=1S/C10H16BrNS/c1-4-7(2)10(12-3)8-5-6-9(11)13-8/h5-7,10,12H,4H2,1-3H3. The summed E-state index contributed by atoms with van der Waals surface area (Å²) in [5.41, 5.74) is 0. The van der Waals surface area contributed by atoms with E-state index in [4.69, 9.17) is 0 Å². The minimum Gasteiger partial charge on any atom is -0.312 e. The van der Waals surface area contributed by atoms with Gasteiger partial charge in [-0.15, -0.1) is 11.3 Å². The van der Waals surface area contributed by atoms with Gasteiger partial charge in [0.05, 0.1) is 3.79 Å². The van der Waals surface area contributed by atoms with Crippen molar-refractivity contribution in [3.8, 4) is 0 Å². The van der Waals surface area contributed by atoms with E-state index in [-0.39, 0.29) is 0 Å². The van der Waals surface area contributed by atoms with Crippen molar-refractivity contribution in [2.75, 3.05) is 7.05 Å². The molecule has 13 heavy (non-hydrogen) atoms. The molecule has 2 unspecified atom stereocenters. The highest BCUT2D eigenvalue weighted by Crippen LogP contribution is 2.32. The van der Waals surface area contributed by atoms with Gasteiger partial charge in [-0.05, 0) is 41.0 Å². The average molecular weight is 262 g/mol. The van der Waals surface area contributed by atoms with Gasteiger partial charge in [0.1, 0.15) is 0 Å². The average Bonchev–Trinajstić information content (AvgIpc) is 2.53. The second-order valence-corrected chi connectivity index (χ2v) is 5.79. The molecular weight excluding hydrogens is 246 g/mol. The Hall–Kier alpha value is 0.140. The number of hydrogen-bond donors (Lipinski definition) is 1. The smallest absolute Gasteiger partial charge is 0.0701 e. The molecule has 1 N–H and O–H groups in total. The van der Waals surface area contributed by atoms with Crippen LogP contribution in [-0.2, 0) is 0 Å². The topological polar surface area (TPSA) is 12.0 Å². The van der Waals surface area contributed by atoms with Gasteiger partial charge in [0.15, 0.2) is 0 Å². The van der Waals surface area contributed by atoms with Crippen LogP contribution in [0.15, 0.2) is 15.9 Å². The summed E-state index contributed by atoms with van der Waals surface area (Å²) in [6.07, 6.45) is 1.21. The van der Waals surface area contributed by atoms with Crippen LogP contribution in [0.5, 0.6) is 0 Å². The Labute approximate surface area is 92.7 Å². The van der Waals surface area contributed by atoms with Crippen molar-refractivity contribution >= 4 is 27.3 Å². The van der Waals surface area contributed by atoms with Crippen LogP contribution in [0.25, 0.3) is 0 Å². The molecule has 0 fully saturated rings. The zero-order chi connectivity index (χ0) is 9.84. The normalized spacial score (nSPS) is 15.7. The molecule has 0 aromatic carbocycles. The van der Waals surface area contributed by atoms with E-state index in [1.165, 1.54) is 15.1 Å². The van der Waals surface area contributed by atoms with Crippen molar-refractivity contribution in [2.24, 2.45) is 5.92 Å². The predicted molar refractivity (Wildman–Crippen MR) is 63.3 cm³/mol. The molecule has 1 heterocycles. The third kappa shape index (κ3) is 2.79. The lowest BCUT2D eigenvalue weighted by atomic mass is 9.98. The first kappa shape index (κ1) is 11.2. The first-order valence-corrected chi connectivity index (χ1v) is 6.22. The van der Waals surface area contributed by atoms with Crippen LogP contribution < -0.4 is 5.32 Å². The minimum atomic E-state index is 0.501. The van der Waals surface area contributed by atoms with Crippen LogP contribution in [0.1, 0.15) is 31.2 Å². The lowest BCUT2D eigenvalue weighted by Crippen LogP contribution is -2.21. The van der Waals surface area contributed by atoms with Crippen LogP contribution in [0.4, 0.5) is 0 Å². The number of thiophene rings is 1. The lowest BCUT2D eigenvalue weighted by Gasteiger charge is -2.20. The minimum absolute atomic E-state index is 0.501. The van der Waals surface area contributed by atoms with Crippen LogP contribution >= 0.6 is 27.3 Å². The summed E-state index contributed by atoms with van der Waals surface area (Å²) in [5, 5.41) is 3.37. The Kier molecular flexibility index (Phi) is 4.42. The predicted octanol–water partition coefficient (Wildman–Crippen LogP) is 3.82. The van der Waals surface area contributed by atoms with E-state index < -0.39 is 0 Å². The van der Waals surface area contributed by atoms with Gasteiger partial charge in [-0.1, -0.05) is 20.3 Å². The first-order valence-electron chi connectivity index (χ1n) is 4.61. The van der Waals surface area contributed by atoms with Gasteiger partial charge in [0.2, 0.25) is 0 Å². The van der Waals surface area contributed by atoms with E-state index in [2.05, 4.69) is 47.2 Å². The van der Waals surface area contributed by atoms with Crippen LogP contribution in [0, 0.1) is 5.92 Å². The summed E-state index contributed by atoms with van der Waals surface area (Å²) in [5.74, 6) is 0.690. The summed E-state index contributed by atoms with van der Waals surface area (Å²) in [4.78, 5) is 1.42. The molecule has 0 aliphatic rings. The van der Waals surface area contributed by atoms with Crippen molar-refractivity contribution in [1.29, 1.82) is 0 Å². The van der Waals surface area contributed by atoms with Crippen molar-refractivity contribution in [3.63, 3.8) is 0 Å². The molecule has 0 saturated carbocycles. The molecule has 0 aliphatic heterocycles. The number of hydrogen-bond acceptors (Lipinski definition) is 2. The summed E-state index contributed by atoms with van der Waals surface area (Å²) < 4.78 is 1.21. The monoisotopic (exact) mass is 261 g/mol. The lowest BCUT2D eigenvalue weighted by molar-refractivity contribution is 0.406. The van der Waals surface area contributed by atoms with E-state index in [1.54, 1.807) is 0 Å². The third-order valence-electron chi connectivity index (χ3n) is 2.42. The summed E-state index contributed by atoms with van der Waals surface area (Å²) in [7, 11) is 2.03. The second kappa shape index (κ2) is 5.13. The van der Waals surface area contributed by atoms with Gasteiger partial charge < -0.3 is 5.32 Å². The molecule has 3 heteroatoms. The zero-order valence-corrected chi connectivity index (χ0v) is 10.7. The molecule has 0 amide bonds. The van der Waals surface area contributed by atoms with E-state index >= 15 is 0 Å². The van der Waals surface area contributed by atoms with Crippen LogP contribution in [0.3, 0.4) is 0 Å². The largest absolute Gasteiger partial charge is 0.312 e. The fourth-order valence-corrected chi connectivity index (χ4v) is 3.11. The van der Waals surface area contributed by atoms with E-state index in [9.17, 15) is 0 Å². The van der Waals surface area contributed by atoms with Gasteiger partial charge in [0.25, 0.3) is 0 Å². The molecule has 0 bridgehead atoms. The zero-order valence-electron chi connectivity index (χ0n) is 8.30. The molecule has 74 valence electrons. The maximum Gasteiger partial charge on any atom is 0.0701 e. The van der Waals surface area contributed by atoms with Crippen molar-refractivity contribution in [3.05, 3.63) is 20.8 Å². The molecule has 0 aliphatic carbocycles. The van der Waals surface area contributed by atoms with Crippen molar-refractivity contribution < 1.29 is 0 Å². The molecule has 1 rings (SSSR count). The number of halogens is 1. The Morgan fingerprint density at radius 2 is 2.23 bits per heavy atom. The maximum absolute atomic E-state index is 3.49. The molecule has 0 radical (unpaired) electrons. The summed E-state index contributed by atoms with van der Waals surface area (Å²) in [6.45, 7) is 4.52. The summed E-state index contributed by atoms with van der Waals surface area (Å²) in [6, 6.07) is 4.82. The highest BCUT2D eigenvalue weighted by molar-refractivity contribution is 9.11. The summed E-state index contributed by atoms with van der Waals surface area (Å²) >= 11 is 5.31. The quantitative estimate of drug-likeness (QED) is 0.869. The van der Waals surface area contributed by atoms with Crippen molar-refractivity contribution in [1.82, 2.24) is 5.32 Å². The van der Waals surface area contributed by atoms with Crippen molar-refractivity contribution in [2.45, 2.75) is 26.3 Å². The Morgan fingerprint density at radius 1 is 1.54 bits per heavy atom. The molecule has 2 atom stereocenters. The Bertz CT molecular complexity index is 259. The van der Waals surface area contributed by atoms with Crippen LogP contribution in [-0.4, -0.2) is 7.05 Å². The molecule has 1 nitrogen and oxygen atoms in total. The fraction of sp³-hybridized carbons (Fsp3) is 0.600. The molecule has 0 spiro atoms. The third-order valence-corrected chi connectivity index (χ3v) is 4.13. The molecule has 1 aromatic rings. The van der Waals surface area contributed by atoms with Gasteiger partial charge in [0, 0.05) is 10.9 Å². The Morgan fingerprint density at radius 3 is 2.62 bits per heavy atom. The molecular formula is C10H16BrNS. The molecule has 0 saturated heterocycles. The van der Waals surface area contributed by atoms with Crippen LogP contribution in [0.2, 0.25) is 0 Å². The SMILES string of the molecule is CCC(C)C(NC)c1ccc(Br)s1. The fourth-order valence-electron chi connectivity index (χ4n) is 1.44. The highest BCUT2D eigenvalue weighted by Gasteiger charge is 2.17. The van der Waals surface area contributed by atoms with Gasteiger partial charge in [-0.25, -0.2) is 0 Å². The number of rotatable bonds is 4. The van der Waals surface area contributed by atoms with E-state index in [0.717, 1.165) is 0 Å². The first-order chi connectivity index (χ1) is 6.19. The van der Waals surface area contributed by atoms with Gasteiger partial charge >= 0.3 is 0 Å². The second-order valence-electron chi connectivity index (χ2n) is 3.29. The van der Waals surface area contributed by atoms with E-state index in [1.807, 2.05) is 18.4 Å². The molecule has 1 aromatic heterocycles. The maximum atomic E-state index is 3.49. The Balaban J connectivity index is 2.77. The van der Waals surface area contributed by atoms with E-state index in [0.29, 0.717) is 12.0 Å². The highest BCUT2D eigenvalue weighted by atomic mass is 79.9. The van der Waals surface area contributed by atoms with Gasteiger partial charge in [-0.3, -0.25) is 0 Å². The number of nitrogens with one attached hydrogen (secondary N) is 1.